The van der Waals surface area contributed by atoms with Crippen LogP contribution >= 0.6 is 0 Å². The van der Waals surface area contributed by atoms with Gasteiger partial charge in [-0.05, 0) is 90.0 Å². The summed E-state index contributed by atoms with van der Waals surface area (Å²) in [6, 6.07) is 17.3. The molecule has 0 saturated carbocycles. The second-order valence-corrected chi connectivity index (χ2v) is 15.6. The zero-order valence-electron chi connectivity index (χ0n) is 21.6. The maximum absolute atomic E-state index is 6.29. The minimum atomic E-state index is -2.47. The Hall–Kier alpha value is -1.29. The van der Waals surface area contributed by atoms with Crippen LogP contribution in [0.3, 0.4) is 0 Å². The Balaban J connectivity index is 2.29. The molecule has 2 rings (SSSR count). The van der Waals surface area contributed by atoms with E-state index >= 15 is 0 Å². The summed E-state index contributed by atoms with van der Waals surface area (Å²) >= 11 is 0. The van der Waals surface area contributed by atoms with Crippen molar-refractivity contribution >= 4 is 27.5 Å². The van der Waals surface area contributed by atoms with Crippen LogP contribution in [-0.2, 0) is 17.7 Å². The van der Waals surface area contributed by atoms with Gasteiger partial charge < -0.3 is 17.7 Å². The maximum atomic E-state index is 6.29. The van der Waals surface area contributed by atoms with Crippen LogP contribution in [-0.4, -0.2) is 41.5 Å². The normalized spacial score (nSPS) is 13.1. The number of rotatable bonds is 11. The summed E-state index contributed by atoms with van der Waals surface area (Å²) in [5.41, 5.74) is 2.34. The van der Waals surface area contributed by atoms with Crippen molar-refractivity contribution in [3.05, 3.63) is 48.5 Å². The van der Waals surface area contributed by atoms with Crippen LogP contribution in [0.25, 0.3) is 11.1 Å². The zero-order valence-corrected chi connectivity index (χ0v) is 23.6. The van der Waals surface area contributed by atoms with Gasteiger partial charge in [-0.25, -0.2) is 0 Å². The molecule has 0 radical (unpaired) electrons. The summed E-state index contributed by atoms with van der Waals surface area (Å²) in [5.74, 6) is 0. The molecule has 0 bridgehead atoms. The summed E-state index contributed by atoms with van der Waals surface area (Å²) in [6.07, 6.45) is 0.490. The summed E-state index contributed by atoms with van der Waals surface area (Å²) in [6.45, 7) is 20.8. The fourth-order valence-electron chi connectivity index (χ4n) is 4.06. The van der Waals surface area contributed by atoms with Crippen LogP contribution in [0.15, 0.2) is 48.5 Å². The number of hydrogen-bond acceptors (Lipinski definition) is 4. The highest BCUT2D eigenvalue weighted by Gasteiger charge is 2.37. The molecule has 2 aromatic carbocycles. The van der Waals surface area contributed by atoms with Crippen molar-refractivity contribution in [3.8, 4) is 11.1 Å². The first-order valence-electron chi connectivity index (χ1n) is 11.8. The van der Waals surface area contributed by atoms with Crippen molar-refractivity contribution in [2.45, 2.75) is 92.9 Å². The van der Waals surface area contributed by atoms with Crippen LogP contribution < -0.4 is 10.4 Å². The first-order valence-corrected chi connectivity index (χ1v) is 16.4. The van der Waals surface area contributed by atoms with Crippen LogP contribution in [0.5, 0.6) is 0 Å². The van der Waals surface area contributed by atoms with E-state index in [0.717, 1.165) is 10.4 Å². The Morgan fingerprint density at radius 2 is 0.656 bits per heavy atom. The van der Waals surface area contributed by atoms with Gasteiger partial charge in [0, 0.05) is 24.4 Å². The van der Waals surface area contributed by atoms with E-state index in [-0.39, 0.29) is 24.4 Å². The first-order chi connectivity index (χ1) is 14.8. The van der Waals surface area contributed by atoms with Crippen molar-refractivity contribution in [3.63, 3.8) is 0 Å². The Morgan fingerprint density at radius 3 is 0.844 bits per heavy atom. The molecule has 0 spiro atoms. The molecule has 0 aliphatic heterocycles. The van der Waals surface area contributed by atoms with Crippen molar-refractivity contribution in [1.82, 2.24) is 0 Å². The molecule has 0 saturated heterocycles. The summed E-state index contributed by atoms with van der Waals surface area (Å²) in [5, 5.41) is 2.30. The van der Waals surface area contributed by atoms with Gasteiger partial charge in [0.25, 0.3) is 0 Å². The van der Waals surface area contributed by atoms with Crippen molar-refractivity contribution < 1.29 is 17.7 Å². The molecule has 0 heterocycles. The topological polar surface area (TPSA) is 36.9 Å². The second kappa shape index (κ2) is 11.2. The predicted molar refractivity (Wildman–Crippen MR) is 139 cm³/mol. The third kappa shape index (κ3) is 7.37. The number of hydrogen-bond donors (Lipinski definition) is 0. The maximum Gasteiger partial charge on any atom is 0.369 e. The highest BCUT2D eigenvalue weighted by molar-refractivity contribution is 6.80. The van der Waals surface area contributed by atoms with Crippen LogP contribution in [0, 0.1) is 0 Å². The Labute approximate surface area is 197 Å². The van der Waals surface area contributed by atoms with E-state index in [1.807, 2.05) is 0 Å². The molecule has 0 aliphatic rings. The molecule has 0 aliphatic carbocycles. The van der Waals surface area contributed by atoms with Gasteiger partial charge in [0.1, 0.15) is 0 Å². The third-order valence-corrected chi connectivity index (χ3v) is 11.4. The van der Waals surface area contributed by atoms with E-state index in [9.17, 15) is 0 Å². The molecule has 4 nitrogen and oxygen atoms in total. The van der Waals surface area contributed by atoms with E-state index in [4.69, 9.17) is 17.7 Å². The van der Waals surface area contributed by atoms with E-state index in [2.05, 4.69) is 117 Å². The second-order valence-electron chi connectivity index (χ2n) is 9.71. The Morgan fingerprint density at radius 1 is 0.438 bits per heavy atom. The van der Waals surface area contributed by atoms with Gasteiger partial charge >= 0.3 is 17.1 Å². The monoisotopic (exact) mass is 474 g/mol. The lowest BCUT2D eigenvalue weighted by Gasteiger charge is -2.31. The number of benzene rings is 2. The van der Waals surface area contributed by atoms with Gasteiger partial charge in [-0.1, -0.05) is 48.5 Å². The summed E-state index contributed by atoms with van der Waals surface area (Å²) in [7, 11) is -4.94. The minimum Gasteiger partial charge on any atom is -0.389 e. The van der Waals surface area contributed by atoms with Gasteiger partial charge in [0.15, 0.2) is 0 Å². The average Bonchev–Trinajstić information content (AvgIpc) is 2.65. The molecule has 0 aromatic heterocycles. The van der Waals surface area contributed by atoms with Gasteiger partial charge in [-0.15, -0.1) is 0 Å². The standard InChI is InChI=1S/C26H42O4Si2/c1-19(2)27-31(9,28-20(3)4)25-15-11-23(12-16-25)24-13-17-26(18-14-24)32(10,29-21(5)6)30-22(7)8/h11-22H,1-10H3. The van der Waals surface area contributed by atoms with E-state index in [1.54, 1.807) is 0 Å². The zero-order chi connectivity index (χ0) is 24.1. The largest absolute Gasteiger partial charge is 0.389 e. The van der Waals surface area contributed by atoms with Crippen LogP contribution in [0.1, 0.15) is 55.4 Å². The van der Waals surface area contributed by atoms with Crippen LogP contribution in [0.4, 0.5) is 0 Å². The van der Waals surface area contributed by atoms with E-state index in [0.29, 0.717) is 0 Å². The Kier molecular flexibility index (Phi) is 9.46. The fraction of sp³-hybridized carbons (Fsp3) is 0.538. The summed E-state index contributed by atoms with van der Waals surface area (Å²) in [4.78, 5) is 0. The quantitative estimate of drug-likeness (QED) is 0.397. The molecule has 0 N–H and O–H groups in total. The van der Waals surface area contributed by atoms with Gasteiger partial charge in [-0.3, -0.25) is 0 Å². The van der Waals surface area contributed by atoms with E-state index in [1.165, 1.54) is 11.1 Å². The van der Waals surface area contributed by atoms with Crippen molar-refractivity contribution in [2.75, 3.05) is 0 Å². The Bertz CT molecular complexity index is 738. The lowest BCUT2D eigenvalue weighted by molar-refractivity contribution is 0.119. The average molecular weight is 475 g/mol. The molecule has 0 amide bonds. The van der Waals surface area contributed by atoms with E-state index < -0.39 is 17.1 Å². The van der Waals surface area contributed by atoms with Crippen LogP contribution in [0.2, 0.25) is 13.1 Å². The molecular weight excluding hydrogens is 432 g/mol. The van der Waals surface area contributed by atoms with Gasteiger partial charge in [-0.2, -0.15) is 0 Å². The van der Waals surface area contributed by atoms with Crippen molar-refractivity contribution in [2.24, 2.45) is 0 Å². The minimum absolute atomic E-state index is 0.122. The molecule has 32 heavy (non-hydrogen) atoms. The molecular formula is C26H42O4Si2. The highest BCUT2D eigenvalue weighted by Crippen LogP contribution is 2.22. The lowest BCUT2D eigenvalue weighted by Crippen LogP contribution is -2.53. The third-order valence-electron chi connectivity index (χ3n) is 4.99. The highest BCUT2D eigenvalue weighted by atomic mass is 28.4. The molecule has 0 atom stereocenters. The molecule has 178 valence electrons. The molecule has 2 aromatic rings. The lowest BCUT2D eigenvalue weighted by atomic mass is 10.1. The smallest absolute Gasteiger partial charge is 0.369 e. The fourth-order valence-corrected chi connectivity index (χ4v) is 9.86. The van der Waals surface area contributed by atoms with Crippen molar-refractivity contribution in [1.29, 1.82) is 0 Å². The van der Waals surface area contributed by atoms with Gasteiger partial charge in [0.05, 0.1) is 0 Å². The van der Waals surface area contributed by atoms with Gasteiger partial charge in [0.2, 0.25) is 0 Å². The molecule has 0 fully saturated rings. The predicted octanol–water partition coefficient (Wildman–Crippen LogP) is 5.61. The molecule has 0 unspecified atom stereocenters. The SMILES string of the molecule is CC(C)O[Si](C)(OC(C)C)c1ccc(-c2ccc([Si](C)(OC(C)C)OC(C)C)cc2)cc1. The summed E-state index contributed by atoms with van der Waals surface area (Å²) < 4.78 is 25.2. The first kappa shape index (κ1) is 27.0. The molecule has 6 heteroatoms.